The molecule has 3 aromatic rings. The molecule has 1 aliphatic heterocycles. The van der Waals surface area contributed by atoms with Crippen LogP contribution in [0.15, 0.2) is 42.6 Å². The van der Waals surface area contributed by atoms with Crippen molar-refractivity contribution in [3.8, 4) is 22.9 Å². The molecule has 31 heavy (non-hydrogen) atoms. The highest BCUT2D eigenvalue weighted by Crippen LogP contribution is 2.30. The number of hydrogen-bond acceptors (Lipinski definition) is 6. The number of anilines is 2. The molecule has 3 heterocycles. The van der Waals surface area contributed by atoms with E-state index in [0.717, 1.165) is 29.7 Å². The van der Waals surface area contributed by atoms with Crippen molar-refractivity contribution in [3.63, 3.8) is 0 Å². The quantitative estimate of drug-likeness (QED) is 0.610. The molecule has 0 spiro atoms. The highest BCUT2D eigenvalue weighted by atomic mass is 16.5. The molecular formula is C24H27N5O2. The van der Waals surface area contributed by atoms with Crippen LogP contribution in [0.25, 0.3) is 11.1 Å². The largest absolute Gasteiger partial charge is 0.489 e. The third-order valence-corrected chi connectivity index (χ3v) is 5.30. The summed E-state index contributed by atoms with van der Waals surface area (Å²) in [6, 6.07) is 13.8. The molecule has 0 bridgehead atoms. The second-order valence-corrected chi connectivity index (χ2v) is 8.72. The molecule has 2 N–H and O–H groups in total. The number of benzene rings is 1. The number of aromatic nitrogens is 3. The number of H-pyrrole nitrogens is 1. The first-order chi connectivity index (χ1) is 14.9. The van der Waals surface area contributed by atoms with Gasteiger partial charge in [0.25, 0.3) is 0 Å². The van der Waals surface area contributed by atoms with Gasteiger partial charge in [0.05, 0.1) is 18.8 Å². The lowest BCUT2D eigenvalue weighted by Gasteiger charge is -2.23. The highest BCUT2D eigenvalue weighted by molar-refractivity contribution is 5.70. The second kappa shape index (κ2) is 8.78. The van der Waals surface area contributed by atoms with E-state index in [1.54, 1.807) is 6.20 Å². The average molecular weight is 418 g/mol. The van der Waals surface area contributed by atoms with Gasteiger partial charge < -0.3 is 14.8 Å². The molecule has 7 nitrogen and oxygen atoms in total. The van der Waals surface area contributed by atoms with E-state index in [1.165, 1.54) is 0 Å². The molecule has 1 aromatic carbocycles. The molecule has 1 saturated heterocycles. The first-order valence-electron chi connectivity index (χ1n) is 10.5. The van der Waals surface area contributed by atoms with Crippen LogP contribution in [0.1, 0.15) is 44.9 Å². The molecule has 0 saturated carbocycles. The van der Waals surface area contributed by atoms with Gasteiger partial charge in [0, 0.05) is 36.2 Å². The van der Waals surface area contributed by atoms with Crippen LogP contribution in [0, 0.1) is 11.3 Å². The van der Waals surface area contributed by atoms with E-state index in [1.807, 2.05) is 36.4 Å². The third kappa shape index (κ3) is 5.04. The van der Waals surface area contributed by atoms with Gasteiger partial charge in [-0.25, -0.2) is 4.98 Å². The van der Waals surface area contributed by atoms with Gasteiger partial charge in [-0.15, -0.1) is 0 Å². The molecular weight excluding hydrogens is 390 g/mol. The van der Waals surface area contributed by atoms with Crippen LogP contribution in [-0.2, 0) is 10.2 Å². The minimum atomic E-state index is -0.00955. The standard InChI is InChI=1S/C24H27N5O2/c1-24(2,3)21-14-23(29-28-21)27-22-13-17(6-9-26-22)16-4-5-20(18(12-16)15-25)31-19-7-10-30-11-8-19/h4-6,9,12-14,19H,7-8,10-11H2,1-3H3,(H2,26,27,28,29). The summed E-state index contributed by atoms with van der Waals surface area (Å²) in [5, 5.41) is 20.3. The number of rotatable bonds is 5. The Hall–Kier alpha value is -3.37. The molecule has 0 aliphatic carbocycles. The van der Waals surface area contributed by atoms with Gasteiger partial charge in [-0.1, -0.05) is 26.8 Å². The summed E-state index contributed by atoms with van der Waals surface area (Å²) in [7, 11) is 0. The van der Waals surface area contributed by atoms with Crippen molar-refractivity contribution >= 4 is 11.6 Å². The fourth-order valence-corrected chi connectivity index (χ4v) is 3.45. The average Bonchev–Trinajstić information content (AvgIpc) is 3.24. The van der Waals surface area contributed by atoms with Crippen molar-refractivity contribution < 1.29 is 9.47 Å². The van der Waals surface area contributed by atoms with Crippen LogP contribution < -0.4 is 10.1 Å². The van der Waals surface area contributed by atoms with Crippen LogP contribution in [0.3, 0.4) is 0 Å². The summed E-state index contributed by atoms with van der Waals surface area (Å²) in [5.41, 5.74) is 3.45. The third-order valence-electron chi connectivity index (χ3n) is 5.30. The van der Waals surface area contributed by atoms with Crippen molar-refractivity contribution in [1.29, 1.82) is 5.26 Å². The van der Waals surface area contributed by atoms with Gasteiger partial charge in [0.1, 0.15) is 23.7 Å². The van der Waals surface area contributed by atoms with E-state index in [9.17, 15) is 5.26 Å². The first-order valence-corrected chi connectivity index (χ1v) is 10.5. The molecule has 2 aromatic heterocycles. The van der Waals surface area contributed by atoms with Crippen LogP contribution in [0.4, 0.5) is 11.6 Å². The van der Waals surface area contributed by atoms with Crippen molar-refractivity contribution in [2.75, 3.05) is 18.5 Å². The lowest BCUT2D eigenvalue weighted by atomic mass is 9.92. The summed E-state index contributed by atoms with van der Waals surface area (Å²) in [6.45, 7) is 7.79. The number of ether oxygens (including phenoxy) is 2. The van der Waals surface area contributed by atoms with Gasteiger partial charge in [0.15, 0.2) is 5.82 Å². The van der Waals surface area contributed by atoms with E-state index in [2.05, 4.69) is 47.3 Å². The predicted molar refractivity (Wildman–Crippen MR) is 119 cm³/mol. The zero-order chi connectivity index (χ0) is 21.8. The Morgan fingerprint density at radius 2 is 1.87 bits per heavy atom. The van der Waals surface area contributed by atoms with E-state index < -0.39 is 0 Å². The molecule has 160 valence electrons. The Labute approximate surface area is 182 Å². The molecule has 1 fully saturated rings. The Bertz CT molecular complexity index is 1090. The predicted octanol–water partition coefficient (Wildman–Crippen LogP) is 4.94. The number of nitrogens with one attached hydrogen (secondary N) is 2. The highest BCUT2D eigenvalue weighted by Gasteiger charge is 2.18. The van der Waals surface area contributed by atoms with Crippen LogP contribution in [0.5, 0.6) is 5.75 Å². The smallest absolute Gasteiger partial charge is 0.153 e. The number of nitriles is 1. The Morgan fingerprint density at radius 1 is 1.10 bits per heavy atom. The molecule has 4 rings (SSSR count). The van der Waals surface area contributed by atoms with Crippen molar-refractivity contribution in [3.05, 3.63) is 53.9 Å². The fourth-order valence-electron chi connectivity index (χ4n) is 3.45. The maximum absolute atomic E-state index is 9.65. The van der Waals surface area contributed by atoms with Crippen molar-refractivity contribution in [2.45, 2.75) is 45.1 Å². The van der Waals surface area contributed by atoms with Gasteiger partial charge >= 0.3 is 0 Å². The van der Waals surface area contributed by atoms with E-state index in [-0.39, 0.29) is 11.5 Å². The van der Waals surface area contributed by atoms with Gasteiger partial charge in [0.2, 0.25) is 0 Å². The Kier molecular flexibility index (Phi) is 5.92. The topological polar surface area (TPSA) is 95.8 Å². The Balaban J connectivity index is 1.53. The van der Waals surface area contributed by atoms with Crippen molar-refractivity contribution in [1.82, 2.24) is 15.2 Å². The molecule has 0 radical (unpaired) electrons. The normalized spacial score (nSPS) is 14.8. The lowest BCUT2D eigenvalue weighted by molar-refractivity contribution is 0.0254. The Morgan fingerprint density at radius 3 is 2.58 bits per heavy atom. The first kappa shape index (κ1) is 20.9. The molecule has 0 amide bonds. The number of aromatic amines is 1. The fraction of sp³-hybridized carbons (Fsp3) is 0.375. The minimum Gasteiger partial charge on any atom is -0.489 e. The monoisotopic (exact) mass is 417 g/mol. The summed E-state index contributed by atoms with van der Waals surface area (Å²) in [4.78, 5) is 4.40. The van der Waals surface area contributed by atoms with E-state index >= 15 is 0 Å². The zero-order valence-corrected chi connectivity index (χ0v) is 18.1. The SMILES string of the molecule is CC(C)(C)c1cc(Nc2cc(-c3ccc(OC4CCOCC4)c(C#N)c3)ccn2)n[nH]1. The van der Waals surface area contributed by atoms with Crippen LogP contribution >= 0.6 is 0 Å². The summed E-state index contributed by atoms with van der Waals surface area (Å²) in [6.07, 6.45) is 3.52. The lowest BCUT2D eigenvalue weighted by Crippen LogP contribution is -2.26. The molecule has 1 aliphatic rings. The second-order valence-electron chi connectivity index (χ2n) is 8.72. The van der Waals surface area contributed by atoms with E-state index in [4.69, 9.17) is 9.47 Å². The van der Waals surface area contributed by atoms with Gasteiger partial charge in [-0.05, 0) is 35.4 Å². The minimum absolute atomic E-state index is 0.00955. The van der Waals surface area contributed by atoms with Crippen molar-refractivity contribution in [2.24, 2.45) is 0 Å². The number of hydrogen-bond donors (Lipinski definition) is 2. The van der Waals surface area contributed by atoms with E-state index in [0.29, 0.717) is 36.2 Å². The zero-order valence-electron chi connectivity index (χ0n) is 18.1. The number of pyridine rings is 1. The van der Waals surface area contributed by atoms with Gasteiger partial charge in [-0.2, -0.15) is 10.4 Å². The summed E-state index contributed by atoms with van der Waals surface area (Å²) < 4.78 is 11.4. The number of nitrogens with zero attached hydrogens (tertiary/aromatic N) is 3. The summed E-state index contributed by atoms with van der Waals surface area (Å²) in [5.74, 6) is 2.02. The van der Waals surface area contributed by atoms with Crippen LogP contribution in [0.2, 0.25) is 0 Å². The van der Waals surface area contributed by atoms with Gasteiger partial charge in [-0.3, -0.25) is 5.10 Å². The van der Waals surface area contributed by atoms with Crippen LogP contribution in [-0.4, -0.2) is 34.5 Å². The maximum atomic E-state index is 9.65. The molecule has 0 atom stereocenters. The maximum Gasteiger partial charge on any atom is 0.153 e. The molecule has 7 heteroatoms. The summed E-state index contributed by atoms with van der Waals surface area (Å²) >= 11 is 0. The molecule has 0 unspecified atom stereocenters.